The van der Waals surface area contributed by atoms with Crippen molar-refractivity contribution < 1.29 is 14.3 Å². The lowest BCUT2D eigenvalue weighted by molar-refractivity contribution is -0.134. The van der Waals surface area contributed by atoms with Crippen LogP contribution >= 0.6 is 0 Å². The van der Waals surface area contributed by atoms with E-state index in [2.05, 4.69) is 9.97 Å². The van der Waals surface area contributed by atoms with Crippen LogP contribution < -0.4 is 0 Å². The molecule has 14 heavy (non-hydrogen) atoms. The Labute approximate surface area is 80.1 Å². The molecule has 74 valence electrons. The molecule has 1 heterocycles. The molecule has 0 fully saturated rings. The standard InChI is InChI=1S/C9H9FN2O2/c1-5(7(10)9(13)14)8-6(2)11-3-4-12-8/h3-4H,1-2H3,(H,13,14). The number of nitrogens with zero attached hydrogens (tertiary/aromatic N) is 2. The smallest absolute Gasteiger partial charge is 0.365 e. The Morgan fingerprint density at radius 1 is 1.43 bits per heavy atom. The molecule has 0 aliphatic heterocycles. The Morgan fingerprint density at radius 2 is 2.00 bits per heavy atom. The number of rotatable bonds is 2. The lowest BCUT2D eigenvalue weighted by Crippen LogP contribution is -2.01. The molecule has 0 spiro atoms. The van der Waals surface area contributed by atoms with E-state index in [9.17, 15) is 9.18 Å². The largest absolute Gasteiger partial charge is 0.476 e. The van der Waals surface area contributed by atoms with Crippen LogP contribution in [0.15, 0.2) is 18.2 Å². The second-order valence-electron chi connectivity index (χ2n) is 2.73. The summed E-state index contributed by atoms with van der Waals surface area (Å²) in [5, 5.41) is 8.42. The third-order valence-electron chi connectivity index (χ3n) is 1.75. The Morgan fingerprint density at radius 3 is 2.50 bits per heavy atom. The third kappa shape index (κ3) is 1.93. The van der Waals surface area contributed by atoms with E-state index in [4.69, 9.17) is 5.11 Å². The highest BCUT2D eigenvalue weighted by Crippen LogP contribution is 2.18. The second-order valence-corrected chi connectivity index (χ2v) is 2.73. The van der Waals surface area contributed by atoms with Gasteiger partial charge in [0.2, 0.25) is 5.83 Å². The molecule has 0 radical (unpaired) electrons. The lowest BCUT2D eigenvalue weighted by Gasteiger charge is -2.03. The minimum atomic E-state index is -1.59. The van der Waals surface area contributed by atoms with Crippen molar-refractivity contribution >= 4 is 11.5 Å². The average Bonchev–Trinajstić information content (AvgIpc) is 2.16. The zero-order valence-corrected chi connectivity index (χ0v) is 7.78. The lowest BCUT2D eigenvalue weighted by atomic mass is 10.1. The quantitative estimate of drug-likeness (QED) is 0.729. The van der Waals surface area contributed by atoms with Crippen LogP contribution in [0.25, 0.3) is 5.57 Å². The first kappa shape index (κ1) is 10.3. The van der Waals surface area contributed by atoms with E-state index in [0.717, 1.165) is 0 Å². The van der Waals surface area contributed by atoms with Gasteiger partial charge in [-0.1, -0.05) is 0 Å². The molecule has 4 nitrogen and oxygen atoms in total. The molecule has 0 bridgehead atoms. The Bertz CT molecular complexity index is 402. The van der Waals surface area contributed by atoms with Crippen LogP contribution in [0.5, 0.6) is 0 Å². The van der Waals surface area contributed by atoms with E-state index in [0.29, 0.717) is 5.69 Å². The number of carbonyl (C=O) groups is 1. The van der Waals surface area contributed by atoms with Gasteiger partial charge < -0.3 is 5.11 Å². The summed E-state index contributed by atoms with van der Waals surface area (Å²) in [5.41, 5.74) is 0.761. The van der Waals surface area contributed by atoms with Gasteiger partial charge >= 0.3 is 5.97 Å². The van der Waals surface area contributed by atoms with E-state index in [1.165, 1.54) is 19.3 Å². The Hall–Kier alpha value is -1.78. The molecule has 0 aromatic carbocycles. The first-order valence-corrected chi connectivity index (χ1v) is 3.91. The maximum atomic E-state index is 13.0. The number of aromatic nitrogens is 2. The molecule has 0 aliphatic carbocycles. The maximum Gasteiger partial charge on any atom is 0.365 e. The molecular weight excluding hydrogens is 187 g/mol. The molecule has 1 aromatic rings. The van der Waals surface area contributed by atoms with Crippen molar-refractivity contribution in [3.63, 3.8) is 0 Å². The van der Waals surface area contributed by atoms with E-state index in [-0.39, 0.29) is 11.3 Å². The van der Waals surface area contributed by atoms with Crippen molar-refractivity contribution in [2.75, 3.05) is 0 Å². The summed E-state index contributed by atoms with van der Waals surface area (Å²) < 4.78 is 13.0. The first-order chi connectivity index (χ1) is 6.54. The molecule has 1 rings (SSSR count). The van der Waals surface area contributed by atoms with Gasteiger partial charge in [0.1, 0.15) is 0 Å². The van der Waals surface area contributed by atoms with E-state index < -0.39 is 11.8 Å². The van der Waals surface area contributed by atoms with Crippen molar-refractivity contribution in [3.8, 4) is 0 Å². The normalized spacial score (nSPS) is 12.2. The number of allylic oxidation sites excluding steroid dienone is 1. The summed E-state index contributed by atoms with van der Waals surface area (Å²) in [6.07, 6.45) is 2.85. The summed E-state index contributed by atoms with van der Waals surface area (Å²) in [7, 11) is 0. The van der Waals surface area contributed by atoms with Crippen molar-refractivity contribution in [2.24, 2.45) is 0 Å². The number of hydrogen-bond acceptors (Lipinski definition) is 3. The van der Waals surface area contributed by atoms with Gasteiger partial charge in [-0.05, 0) is 13.8 Å². The van der Waals surface area contributed by atoms with Crippen LogP contribution in [-0.2, 0) is 4.79 Å². The molecule has 0 atom stereocenters. The number of aryl methyl sites for hydroxylation is 1. The van der Waals surface area contributed by atoms with Gasteiger partial charge in [0.25, 0.3) is 0 Å². The fourth-order valence-electron chi connectivity index (χ4n) is 1.04. The van der Waals surface area contributed by atoms with Crippen LogP contribution in [0.1, 0.15) is 18.3 Å². The van der Waals surface area contributed by atoms with Gasteiger partial charge in [-0.25, -0.2) is 4.79 Å². The number of carboxylic acid groups (broad SMARTS) is 1. The minimum absolute atomic E-state index is 0.0110. The zero-order valence-electron chi connectivity index (χ0n) is 7.78. The molecule has 1 aromatic heterocycles. The molecule has 0 saturated heterocycles. The molecule has 0 aliphatic rings. The van der Waals surface area contributed by atoms with Gasteiger partial charge in [0.15, 0.2) is 0 Å². The fourth-order valence-corrected chi connectivity index (χ4v) is 1.04. The molecule has 1 N–H and O–H groups in total. The van der Waals surface area contributed by atoms with Crippen molar-refractivity contribution in [1.29, 1.82) is 0 Å². The SMILES string of the molecule is CC(=C(F)C(=O)O)c1nccnc1C. The van der Waals surface area contributed by atoms with Crippen molar-refractivity contribution in [2.45, 2.75) is 13.8 Å². The third-order valence-corrected chi connectivity index (χ3v) is 1.75. The van der Waals surface area contributed by atoms with E-state index in [1.807, 2.05) is 0 Å². The van der Waals surface area contributed by atoms with Crippen LogP contribution in [0.3, 0.4) is 0 Å². The predicted molar refractivity (Wildman–Crippen MR) is 48.1 cm³/mol. The summed E-state index contributed by atoms with van der Waals surface area (Å²) in [4.78, 5) is 18.1. The molecule has 0 saturated carbocycles. The average molecular weight is 196 g/mol. The van der Waals surface area contributed by atoms with Crippen LogP contribution in [0.2, 0.25) is 0 Å². The summed E-state index contributed by atoms with van der Waals surface area (Å²) in [6, 6.07) is 0. The second kappa shape index (κ2) is 3.95. The topological polar surface area (TPSA) is 63.1 Å². The summed E-state index contributed by atoms with van der Waals surface area (Å²) in [5.74, 6) is -2.79. The van der Waals surface area contributed by atoms with E-state index >= 15 is 0 Å². The highest BCUT2D eigenvalue weighted by atomic mass is 19.1. The van der Waals surface area contributed by atoms with Gasteiger partial charge in [-0.2, -0.15) is 4.39 Å². The highest BCUT2D eigenvalue weighted by molar-refractivity contribution is 5.93. The summed E-state index contributed by atoms with van der Waals surface area (Å²) >= 11 is 0. The van der Waals surface area contributed by atoms with Crippen LogP contribution in [-0.4, -0.2) is 21.0 Å². The molecule has 5 heteroatoms. The van der Waals surface area contributed by atoms with E-state index in [1.54, 1.807) is 6.92 Å². The molecular formula is C9H9FN2O2. The first-order valence-electron chi connectivity index (χ1n) is 3.91. The van der Waals surface area contributed by atoms with Crippen molar-refractivity contribution in [1.82, 2.24) is 9.97 Å². The highest BCUT2D eigenvalue weighted by Gasteiger charge is 2.14. The van der Waals surface area contributed by atoms with Gasteiger partial charge in [0.05, 0.1) is 11.4 Å². The van der Waals surface area contributed by atoms with Crippen molar-refractivity contribution in [3.05, 3.63) is 29.6 Å². The fraction of sp³-hybridized carbons (Fsp3) is 0.222. The van der Waals surface area contributed by atoms with Gasteiger partial charge in [-0.15, -0.1) is 0 Å². The number of carboxylic acids is 1. The Kier molecular flexibility index (Phi) is 2.91. The van der Waals surface area contributed by atoms with Crippen LogP contribution in [0.4, 0.5) is 4.39 Å². The maximum absolute atomic E-state index is 13.0. The van der Waals surface area contributed by atoms with Gasteiger partial charge in [0, 0.05) is 18.0 Å². The number of hydrogen-bond donors (Lipinski definition) is 1. The predicted octanol–water partition coefficient (Wildman–Crippen LogP) is 1.57. The van der Waals surface area contributed by atoms with Gasteiger partial charge in [-0.3, -0.25) is 9.97 Å². The number of aliphatic carboxylic acids is 1. The molecule has 0 unspecified atom stereocenters. The van der Waals surface area contributed by atoms with Crippen LogP contribution in [0, 0.1) is 6.92 Å². The Balaban J connectivity index is 3.25. The molecule has 0 amide bonds. The number of halogens is 1. The minimum Gasteiger partial charge on any atom is -0.476 e. The monoisotopic (exact) mass is 196 g/mol. The summed E-state index contributed by atoms with van der Waals surface area (Å²) in [6.45, 7) is 3.00. The zero-order chi connectivity index (χ0) is 10.7.